The van der Waals surface area contributed by atoms with Crippen molar-refractivity contribution in [2.75, 3.05) is 26.8 Å². The molecule has 0 spiro atoms. The van der Waals surface area contributed by atoms with Gasteiger partial charge in [0, 0.05) is 43.3 Å². The molecule has 2 aliphatic rings. The van der Waals surface area contributed by atoms with Gasteiger partial charge in [0.25, 0.3) is 0 Å². The molecule has 1 aromatic carbocycles. The molecule has 1 saturated carbocycles. The van der Waals surface area contributed by atoms with Crippen molar-refractivity contribution < 1.29 is 37.3 Å². The highest BCUT2D eigenvalue weighted by Crippen LogP contribution is 2.40. The molecule has 1 amide bonds. The molecular formula is C30H35F2N3O6. The number of alkyl halides is 2. The average molecular weight is 572 g/mol. The highest BCUT2D eigenvalue weighted by atomic mass is 19.3. The summed E-state index contributed by atoms with van der Waals surface area (Å²) in [4.78, 5) is 31.4. The molecule has 9 nitrogen and oxygen atoms in total. The van der Waals surface area contributed by atoms with Gasteiger partial charge in [-0.2, -0.15) is 8.78 Å². The van der Waals surface area contributed by atoms with Crippen LogP contribution in [0.15, 0.2) is 36.7 Å². The van der Waals surface area contributed by atoms with E-state index in [1.165, 1.54) is 13.2 Å². The minimum atomic E-state index is -3.10. The van der Waals surface area contributed by atoms with E-state index in [9.17, 15) is 18.4 Å². The van der Waals surface area contributed by atoms with Crippen molar-refractivity contribution in [1.29, 1.82) is 0 Å². The Hall–Kier alpha value is -3.89. The quantitative estimate of drug-likeness (QED) is 0.267. The maximum absolute atomic E-state index is 13.3. The van der Waals surface area contributed by atoms with Gasteiger partial charge in [0.05, 0.1) is 25.6 Å². The van der Waals surface area contributed by atoms with Gasteiger partial charge < -0.3 is 23.8 Å². The van der Waals surface area contributed by atoms with Crippen molar-refractivity contribution in [2.24, 2.45) is 11.8 Å². The number of ketones is 1. The number of imidazole rings is 1. The summed E-state index contributed by atoms with van der Waals surface area (Å²) in [5, 5.41) is 0. The number of methoxy groups -OCH3 is 1. The van der Waals surface area contributed by atoms with Crippen LogP contribution in [0, 0.1) is 11.8 Å². The molecule has 0 bridgehead atoms. The Morgan fingerprint density at radius 3 is 2.54 bits per heavy atom. The summed E-state index contributed by atoms with van der Waals surface area (Å²) < 4.78 is 50.2. The van der Waals surface area contributed by atoms with Gasteiger partial charge in [-0.3, -0.25) is 9.20 Å². The van der Waals surface area contributed by atoms with Crippen LogP contribution in [-0.4, -0.2) is 65.2 Å². The van der Waals surface area contributed by atoms with Crippen molar-refractivity contribution >= 4 is 17.5 Å². The number of amides is 1. The van der Waals surface area contributed by atoms with E-state index >= 15 is 0 Å². The monoisotopic (exact) mass is 571 g/mol. The van der Waals surface area contributed by atoms with Crippen molar-refractivity contribution in [1.82, 2.24) is 14.3 Å². The van der Waals surface area contributed by atoms with Crippen molar-refractivity contribution in [2.45, 2.75) is 58.7 Å². The number of carbonyl (C=O) groups is 2. The highest BCUT2D eigenvalue weighted by molar-refractivity contribution is 6.02. The van der Waals surface area contributed by atoms with Gasteiger partial charge >= 0.3 is 12.7 Å². The van der Waals surface area contributed by atoms with Crippen molar-refractivity contribution in [3.8, 4) is 28.5 Å². The normalized spacial score (nSPS) is 17.2. The molecule has 1 aliphatic heterocycles. The summed E-state index contributed by atoms with van der Waals surface area (Å²) in [6.45, 7) is 4.06. The van der Waals surface area contributed by atoms with E-state index in [0.29, 0.717) is 42.4 Å². The number of rotatable bonds is 10. The number of hydrogen-bond acceptors (Lipinski definition) is 7. The molecule has 1 atom stereocenters. The first-order valence-electron chi connectivity index (χ1n) is 13.8. The van der Waals surface area contributed by atoms with E-state index in [4.69, 9.17) is 18.9 Å². The highest BCUT2D eigenvalue weighted by Gasteiger charge is 2.31. The summed E-state index contributed by atoms with van der Waals surface area (Å²) in [5.41, 5.74) is 1.19. The molecule has 11 heteroatoms. The Bertz CT molecular complexity index is 1430. The molecule has 3 aromatic rings. The van der Waals surface area contributed by atoms with Gasteiger partial charge in [0.15, 0.2) is 5.78 Å². The second-order valence-electron chi connectivity index (χ2n) is 11.6. The summed E-state index contributed by atoms with van der Waals surface area (Å²) in [5.74, 6) is 0.756. The Morgan fingerprint density at radius 2 is 1.85 bits per heavy atom. The van der Waals surface area contributed by atoms with Crippen LogP contribution >= 0.6 is 0 Å². The predicted octanol–water partition coefficient (Wildman–Crippen LogP) is 6.23. The fourth-order valence-corrected chi connectivity index (χ4v) is 4.99. The number of pyridine rings is 1. The summed E-state index contributed by atoms with van der Waals surface area (Å²) in [6.07, 6.45) is 6.08. The minimum absolute atomic E-state index is 0.0325. The molecule has 3 heterocycles. The Balaban J connectivity index is 1.32. The van der Waals surface area contributed by atoms with E-state index in [1.807, 2.05) is 20.8 Å². The Morgan fingerprint density at radius 1 is 1.10 bits per heavy atom. The molecule has 2 aromatic heterocycles. The number of ether oxygens (including phenoxy) is 4. The van der Waals surface area contributed by atoms with E-state index in [-0.39, 0.29) is 47.2 Å². The van der Waals surface area contributed by atoms with Gasteiger partial charge in [-0.25, -0.2) is 9.78 Å². The average Bonchev–Trinajstić information content (AvgIpc) is 3.41. The number of halogens is 2. The molecule has 2 fully saturated rings. The first-order valence-corrected chi connectivity index (χ1v) is 13.8. The number of aromatic nitrogens is 2. The van der Waals surface area contributed by atoms with E-state index in [0.717, 1.165) is 19.3 Å². The van der Waals surface area contributed by atoms with Crippen LogP contribution in [-0.2, 0) is 4.74 Å². The van der Waals surface area contributed by atoms with Crippen LogP contribution in [0.2, 0.25) is 0 Å². The minimum Gasteiger partial charge on any atom is -0.496 e. The fraction of sp³-hybridized carbons (Fsp3) is 0.500. The number of Topliss-reactive ketones (excluding diaryl/α,β-unsaturated/α-hetero) is 1. The third kappa shape index (κ3) is 6.89. The molecule has 5 rings (SSSR count). The third-order valence-electron chi connectivity index (χ3n) is 7.16. The van der Waals surface area contributed by atoms with Crippen LogP contribution in [0.4, 0.5) is 13.6 Å². The smallest absolute Gasteiger partial charge is 0.410 e. The summed E-state index contributed by atoms with van der Waals surface area (Å²) in [6, 6.07) is 6.65. The number of hydrogen-bond donors (Lipinski definition) is 0. The number of benzene rings is 1. The molecule has 41 heavy (non-hydrogen) atoms. The molecule has 1 unspecified atom stereocenters. The zero-order valence-corrected chi connectivity index (χ0v) is 23.7. The molecule has 1 saturated heterocycles. The second-order valence-corrected chi connectivity index (χ2v) is 11.6. The van der Waals surface area contributed by atoms with Gasteiger partial charge in [0.1, 0.15) is 34.1 Å². The van der Waals surface area contributed by atoms with Crippen LogP contribution in [0.5, 0.6) is 17.2 Å². The Labute approximate surface area is 237 Å². The standard InChI is InChI=1S/C30H35F2N3O6/c1-30(2,3)41-29(37)34-9-7-19(16-34)17-39-21-8-10-35-22(15-33-26(35)14-21)20-12-24(38-4)27(23(36)11-18-5-6-18)25(13-20)40-28(31)32/h8,10,12-15,18-19,28H,5-7,9,11,16-17H2,1-4H3. The molecule has 0 radical (unpaired) electrons. The largest absolute Gasteiger partial charge is 0.496 e. The van der Waals surface area contributed by atoms with Gasteiger partial charge in [-0.15, -0.1) is 0 Å². The van der Waals surface area contributed by atoms with Crippen LogP contribution in [0.25, 0.3) is 16.9 Å². The summed E-state index contributed by atoms with van der Waals surface area (Å²) >= 11 is 0. The lowest BCUT2D eigenvalue weighted by Gasteiger charge is -2.24. The first-order chi connectivity index (χ1) is 19.5. The van der Waals surface area contributed by atoms with Gasteiger partial charge in [-0.1, -0.05) is 0 Å². The van der Waals surface area contributed by atoms with Crippen molar-refractivity contribution in [3.05, 3.63) is 42.2 Å². The van der Waals surface area contributed by atoms with Crippen LogP contribution < -0.4 is 14.2 Å². The summed E-state index contributed by atoms with van der Waals surface area (Å²) in [7, 11) is 1.40. The lowest BCUT2D eigenvalue weighted by Crippen LogP contribution is -2.35. The molecule has 220 valence electrons. The van der Waals surface area contributed by atoms with Gasteiger partial charge in [0.2, 0.25) is 0 Å². The first kappa shape index (κ1) is 28.6. The van der Waals surface area contributed by atoms with E-state index < -0.39 is 12.2 Å². The number of carbonyl (C=O) groups excluding carboxylic acids is 2. The van der Waals surface area contributed by atoms with Crippen LogP contribution in [0.3, 0.4) is 0 Å². The number of fused-ring (bicyclic) bond motifs is 1. The van der Waals surface area contributed by atoms with E-state index in [1.54, 1.807) is 39.9 Å². The lowest BCUT2D eigenvalue weighted by atomic mass is 10.00. The fourth-order valence-electron chi connectivity index (χ4n) is 4.99. The zero-order chi connectivity index (χ0) is 29.3. The second kappa shape index (κ2) is 11.5. The maximum Gasteiger partial charge on any atom is 0.410 e. The molecule has 1 aliphatic carbocycles. The number of nitrogens with zero attached hydrogens (tertiary/aromatic N) is 3. The Kier molecular flexibility index (Phi) is 8.06. The van der Waals surface area contributed by atoms with Gasteiger partial charge in [-0.05, 0) is 64.2 Å². The predicted molar refractivity (Wildman–Crippen MR) is 147 cm³/mol. The molecular weight excluding hydrogens is 536 g/mol. The lowest BCUT2D eigenvalue weighted by molar-refractivity contribution is -0.0502. The zero-order valence-electron chi connectivity index (χ0n) is 23.7. The van der Waals surface area contributed by atoms with E-state index in [2.05, 4.69) is 4.98 Å². The SMILES string of the molecule is COc1cc(-c2cnc3cc(OCC4CCN(C(=O)OC(C)(C)C)C4)ccn23)cc(OC(F)F)c1C(=O)CC1CC1. The molecule has 0 N–H and O–H groups in total. The third-order valence-corrected chi connectivity index (χ3v) is 7.16. The maximum atomic E-state index is 13.3. The topological polar surface area (TPSA) is 91.6 Å². The van der Waals surface area contributed by atoms with Crippen molar-refractivity contribution in [3.63, 3.8) is 0 Å². The van der Waals surface area contributed by atoms with Crippen LogP contribution in [0.1, 0.15) is 56.8 Å². The number of likely N-dealkylation sites (tertiary alicyclic amines) is 1.